The third kappa shape index (κ3) is 2.79. The summed E-state index contributed by atoms with van der Waals surface area (Å²) in [6.07, 6.45) is 0. The van der Waals surface area contributed by atoms with Gasteiger partial charge in [-0.3, -0.25) is 0 Å². The largest absolute Gasteiger partial charge is 0.497 e. The summed E-state index contributed by atoms with van der Waals surface area (Å²) in [5.41, 5.74) is 12.5. The molecule has 0 spiro atoms. The number of benzene rings is 2. The van der Waals surface area contributed by atoms with E-state index < -0.39 is 0 Å². The number of rotatable bonds is 3. The van der Waals surface area contributed by atoms with Crippen LogP contribution in [0.25, 0.3) is 0 Å². The van der Waals surface area contributed by atoms with Crippen molar-refractivity contribution in [3.8, 4) is 5.75 Å². The minimum atomic E-state index is -0.0924. The summed E-state index contributed by atoms with van der Waals surface area (Å²) in [5.74, 6) is 0.854. The van der Waals surface area contributed by atoms with Crippen molar-refractivity contribution in [1.82, 2.24) is 0 Å². The van der Waals surface area contributed by atoms with Gasteiger partial charge in [0.25, 0.3) is 0 Å². The van der Waals surface area contributed by atoms with E-state index in [9.17, 15) is 0 Å². The van der Waals surface area contributed by atoms with Gasteiger partial charge in [-0.2, -0.15) is 0 Å². The van der Waals surface area contributed by atoms with Gasteiger partial charge in [-0.1, -0.05) is 24.3 Å². The highest BCUT2D eigenvalue weighted by atomic mass is 16.5. The van der Waals surface area contributed by atoms with Crippen LogP contribution in [0, 0.1) is 20.8 Å². The topological polar surface area (TPSA) is 35.2 Å². The van der Waals surface area contributed by atoms with Crippen molar-refractivity contribution in [2.45, 2.75) is 26.8 Å². The summed E-state index contributed by atoms with van der Waals surface area (Å²) in [4.78, 5) is 0. The Labute approximate surface area is 115 Å². The maximum absolute atomic E-state index is 6.39. The Morgan fingerprint density at radius 2 is 1.47 bits per heavy atom. The fourth-order valence-corrected chi connectivity index (χ4v) is 2.31. The van der Waals surface area contributed by atoms with E-state index in [1.165, 1.54) is 22.3 Å². The molecule has 0 aliphatic heterocycles. The smallest absolute Gasteiger partial charge is 0.118 e. The third-order valence-electron chi connectivity index (χ3n) is 3.69. The second-order valence-electron chi connectivity index (χ2n) is 5.04. The molecule has 2 aromatic rings. The Morgan fingerprint density at radius 3 is 2.05 bits per heavy atom. The zero-order valence-electron chi connectivity index (χ0n) is 12.0. The van der Waals surface area contributed by atoms with Crippen LogP contribution in [0.4, 0.5) is 0 Å². The second-order valence-corrected chi connectivity index (χ2v) is 5.04. The molecule has 1 atom stereocenters. The maximum Gasteiger partial charge on any atom is 0.118 e. The molecular weight excluding hydrogens is 234 g/mol. The van der Waals surface area contributed by atoms with Crippen LogP contribution >= 0.6 is 0 Å². The van der Waals surface area contributed by atoms with E-state index in [1.807, 2.05) is 24.3 Å². The fraction of sp³-hybridized carbons (Fsp3) is 0.294. The lowest BCUT2D eigenvalue weighted by atomic mass is 9.92. The molecule has 0 radical (unpaired) electrons. The van der Waals surface area contributed by atoms with Gasteiger partial charge in [-0.25, -0.2) is 0 Å². The number of methoxy groups -OCH3 is 1. The first-order valence-electron chi connectivity index (χ1n) is 6.50. The molecule has 0 heterocycles. The summed E-state index contributed by atoms with van der Waals surface area (Å²) < 4.78 is 5.17. The normalized spacial score (nSPS) is 12.3. The van der Waals surface area contributed by atoms with Crippen LogP contribution in [0.15, 0.2) is 36.4 Å². The first-order chi connectivity index (χ1) is 9.02. The van der Waals surface area contributed by atoms with Crippen molar-refractivity contribution < 1.29 is 4.74 Å². The SMILES string of the molecule is COc1ccc(C(N)c2cc(C)c(C)cc2C)cc1. The lowest BCUT2D eigenvalue weighted by molar-refractivity contribution is 0.414. The molecular formula is C17H21NO. The highest BCUT2D eigenvalue weighted by molar-refractivity contribution is 5.43. The highest BCUT2D eigenvalue weighted by Gasteiger charge is 2.12. The molecule has 2 heteroatoms. The number of ether oxygens (including phenoxy) is 1. The van der Waals surface area contributed by atoms with Gasteiger partial charge in [0.05, 0.1) is 13.2 Å². The molecule has 0 saturated carbocycles. The van der Waals surface area contributed by atoms with E-state index in [1.54, 1.807) is 7.11 Å². The first kappa shape index (κ1) is 13.6. The van der Waals surface area contributed by atoms with E-state index in [0.717, 1.165) is 11.3 Å². The lowest BCUT2D eigenvalue weighted by Gasteiger charge is -2.17. The van der Waals surface area contributed by atoms with Crippen LogP contribution in [0.3, 0.4) is 0 Å². The van der Waals surface area contributed by atoms with Gasteiger partial charge >= 0.3 is 0 Å². The van der Waals surface area contributed by atoms with E-state index in [4.69, 9.17) is 10.5 Å². The molecule has 0 aliphatic rings. The minimum Gasteiger partial charge on any atom is -0.497 e. The predicted molar refractivity (Wildman–Crippen MR) is 79.7 cm³/mol. The van der Waals surface area contributed by atoms with Crippen molar-refractivity contribution in [2.75, 3.05) is 7.11 Å². The zero-order valence-corrected chi connectivity index (χ0v) is 12.0. The number of aryl methyl sites for hydroxylation is 3. The molecule has 19 heavy (non-hydrogen) atoms. The Kier molecular flexibility index (Phi) is 3.91. The average molecular weight is 255 g/mol. The van der Waals surface area contributed by atoms with Crippen molar-refractivity contribution >= 4 is 0 Å². The van der Waals surface area contributed by atoms with Gasteiger partial charge in [0, 0.05) is 0 Å². The van der Waals surface area contributed by atoms with Crippen LogP contribution in [0.2, 0.25) is 0 Å². The minimum absolute atomic E-state index is 0.0924. The average Bonchev–Trinajstić information content (AvgIpc) is 2.42. The molecule has 100 valence electrons. The van der Waals surface area contributed by atoms with Gasteiger partial charge in [0.1, 0.15) is 5.75 Å². The standard InChI is InChI=1S/C17H21NO/c1-11-9-13(3)16(10-12(11)2)17(18)14-5-7-15(19-4)8-6-14/h5-10,17H,18H2,1-4H3. The Bertz CT molecular complexity index is 573. The van der Waals surface area contributed by atoms with Gasteiger partial charge < -0.3 is 10.5 Å². The van der Waals surface area contributed by atoms with Crippen molar-refractivity contribution in [2.24, 2.45) is 5.73 Å². The molecule has 0 aliphatic carbocycles. The molecule has 2 rings (SSSR count). The molecule has 2 nitrogen and oxygen atoms in total. The van der Waals surface area contributed by atoms with E-state index >= 15 is 0 Å². The van der Waals surface area contributed by atoms with E-state index in [-0.39, 0.29) is 6.04 Å². The van der Waals surface area contributed by atoms with Gasteiger partial charge in [-0.15, -0.1) is 0 Å². The van der Waals surface area contributed by atoms with Crippen molar-refractivity contribution in [3.63, 3.8) is 0 Å². The summed E-state index contributed by atoms with van der Waals surface area (Å²) in [5, 5.41) is 0. The van der Waals surface area contributed by atoms with Crippen LogP contribution < -0.4 is 10.5 Å². The highest BCUT2D eigenvalue weighted by Crippen LogP contribution is 2.26. The molecule has 2 aromatic carbocycles. The number of hydrogen-bond acceptors (Lipinski definition) is 2. The molecule has 0 aromatic heterocycles. The number of nitrogens with two attached hydrogens (primary N) is 1. The summed E-state index contributed by atoms with van der Waals surface area (Å²) in [6.45, 7) is 6.37. The molecule has 0 fully saturated rings. The monoisotopic (exact) mass is 255 g/mol. The molecule has 2 N–H and O–H groups in total. The number of hydrogen-bond donors (Lipinski definition) is 1. The molecule has 0 bridgehead atoms. The lowest BCUT2D eigenvalue weighted by Crippen LogP contribution is -2.13. The van der Waals surface area contributed by atoms with Crippen LogP contribution in [0.1, 0.15) is 33.9 Å². The molecule has 0 saturated heterocycles. The second kappa shape index (κ2) is 5.45. The van der Waals surface area contributed by atoms with Crippen molar-refractivity contribution in [3.05, 3.63) is 64.2 Å². The summed E-state index contributed by atoms with van der Waals surface area (Å²) in [6, 6.07) is 12.3. The Balaban J connectivity index is 2.37. The Morgan fingerprint density at radius 1 is 0.895 bits per heavy atom. The summed E-state index contributed by atoms with van der Waals surface area (Å²) >= 11 is 0. The van der Waals surface area contributed by atoms with E-state index in [0.29, 0.717) is 0 Å². The predicted octanol–water partition coefficient (Wildman–Crippen LogP) is 3.67. The summed E-state index contributed by atoms with van der Waals surface area (Å²) in [7, 11) is 1.67. The molecule has 0 amide bonds. The fourth-order valence-electron chi connectivity index (χ4n) is 2.31. The van der Waals surface area contributed by atoms with Gasteiger partial charge in [-0.05, 0) is 60.7 Å². The van der Waals surface area contributed by atoms with Crippen molar-refractivity contribution in [1.29, 1.82) is 0 Å². The van der Waals surface area contributed by atoms with Crippen LogP contribution in [-0.2, 0) is 0 Å². The Hall–Kier alpha value is -1.80. The molecule has 1 unspecified atom stereocenters. The van der Waals surface area contributed by atoms with Crippen LogP contribution in [-0.4, -0.2) is 7.11 Å². The zero-order chi connectivity index (χ0) is 14.0. The van der Waals surface area contributed by atoms with Gasteiger partial charge in [0.15, 0.2) is 0 Å². The first-order valence-corrected chi connectivity index (χ1v) is 6.50. The van der Waals surface area contributed by atoms with E-state index in [2.05, 4.69) is 32.9 Å². The maximum atomic E-state index is 6.39. The van der Waals surface area contributed by atoms with Gasteiger partial charge in [0.2, 0.25) is 0 Å². The quantitative estimate of drug-likeness (QED) is 0.908. The third-order valence-corrected chi connectivity index (χ3v) is 3.69. The van der Waals surface area contributed by atoms with Crippen LogP contribution in [0.5, 0.6) is 5.75 Å².